The van der Waals surface area contributed by atoms with Crippen LogP contribution in [0.15, 0.2) is 23.1 Å². The van der Waals surface area contributed by atoms with Gasteiger partial charge >= 0.3 is 0 Å². The number of methoxy groups -OCH3 is 1. The van der Waals surface area contributed by atoms with Crippen LogP contribution in [0, 0.1) is 13.8 Å². The zero-order valence-corrected chi connectivity index (χ0v) is 17.4. The molecular formula is C19H27N3O5S. The maximum absolute atomic E-state index is 12.9. The molecule has 0 bridgehead atoms. The maximum atomic E-state index is 12.9. The van der Waals surface area contributed by atoms with Crippen molar-refractivity contribution in [1.29, 1.82) is 0 Å². The summed E-state index contributed by atoms with van der Waals surface area (Å²) in [6.45, 7) is 5.84. The minimum absolute atomic E-state index is 0.145. The van der Waals surface area contributed by atoms with E-state index in [9.17, 15) is 18.0 Å². The molecule has 0 radical (unpaired) electrons. The number of ether oxygens (including phenoxy) is 1. The predicted octanol–water partition coefficient (Wildman–Crippen LogP) is 0.384. The minimum atomic E-state index is -3.57. The summed E-state index contributed by atoms with van der Waals surface area (Å²) in [5, 5.41) is 0. The van der Waals surface area contributed by atoms with Crippen molar-refractivity contribution < 1.29 is 22.7 Å². The van der Waals surface area contributed by atoms with E-state index >= 15 is 0 Å². The van der Waals surface area contributed by atoms with Gasteiger partial charge in [0.2, 0.25) is 21.8 Å². The zero-order chi connectivity index (χ0) is 20.5. The summed E-state index contributed by atoms with van der Waals surface area (Å²) in [4.78, 5) is 28.1. The molecule has 0 unspecified atom stereocenters. The second kappa shape index (κ2) is 8.28. The SMILES string of the molecule is COCCN1C(=O)C[C@H](N2CCN(S(=O)(=O)c3ccc(C)c(C)c3)CC2)C1=O. The number of imide groups is 1. The molecule has 2 aliphatic heterocycles. The fourth-order valence-electron chi connectivity index (χ4n) is 3.65. The molecule has 8 nitrogen and oxygen atoms in total. The van der Waals surface area contributed by atoms with Gasteiger partial charge in [0.15, 0.2) is 0 Å². The van der Waals surface area contributed by atoms with Crippen molar-refractivity contribution in [3.63, 3.8) is 0 Å². The van der Waals surface area contributed by atoms with Crippen LogP contribution in [-0.2, 0) is 24.3 Å². The van der Waals surface area contributed by atoms with E-state index in [1.54, 1.807) is 12.1 Å². The van der Waals surface area contributed by atoms with Gasteiger partial charge in [-0.05, 0) is 37.1 Å². The molecule has 1 atom stereocenters. The number of sulfonamides is 1. The molecule has 2 saturated heterocycles. The molecule has 0 N–H and O–H groups in total. The van der Waals surface area contributed by atoms with E-state index < -0.39 is 16.1 Å². The lowest BCUT2D eigenvalue weighted by Crippen LogP contribution is -2.53. The molecule has 0 aromatic heterocycles. The summed E-state index contributed by atoms with van der Waals surface area (Å²) in [5.41, 5.74) is 1.98. The Morgan fingerprint density at radius 2 is 1.75 bits per heavy atom. The van der Waals surface area contributed by atoms with Crippen molar-refractivity contribution in [2.45, 2.75) is 31.2 Å². The van der Waals surface area contributed by atoms with Crippen LogP contribution in [0.2, 0.25) is 0 Å². The third-order valence-corrected chi connectivity index (χ3v) is 7.46. The Hall–Kier alpha value is -1.81. The largest absolute Gasteiger partial charge is 0.383 e. The molecular weight excluding hydrogens is 382 g/mol. The summed E-state index contributed by atoms with van der Waals surface area (Å²) in [6, 6.07) is 4.65. The first-order valence-electron chi connectivity index (χ1n) is 9.40. The summed E-state index contributed by atoms with van der Waals surface area (Å²) in [6.07, 6.45) is 0.145. The number of carbonyl (C=O) groups is 2. The van der Waals surface area contributed by atoms with Crippen LogP contribution in [0.4, 0.5) is 0 Å². The monoisotopic (exact) mass is 409 g/mol. The lowest BCUT2D eigenvalue weighted by atomic mass is 10.1. The van der Waals surface area contributed by atoms with Gasteiger partial charge in [-0.15, -0.1) is 0 Å². The second-order valence-electron chi connectivity index (χ2n) is 7.28. The number of amides is 2. The van der Waals surface area contributed by atoms with Gasteiger partial charge in [0, 0.05) is 33.3 Å². The Labute approximate surface area is 166 Å². The van der Waals surface area contributed by atoms with Crippen molar-refractivity contribution in [3.05, 3.63) is 29.3 Å². The number of rotatable bonds is 6. The molecule has 0 spiro atoms. The van der Waals surface area contributed by atoms with Gasteiger partial charge in [-0.2, -0.15) is 4.31 Å². The molecule has 0 aliphatic carbocycles. The molecule has 3 rings (SSSR count). The highest BCUT2D eigenvalue weighted by atomic mass is 32.2. The second-order valence-corrected chi connectivity index (χ2v) is 9.22. The van der Waals surface area contributed by atoms with Crippen LogP contribution in [-0.4, -0.2) is 86.8 Å². The van der Waals surface area contributed by atoms with Gasteiger partial charge in [-0.25, -0.2) is 8.42 Å². The van der Waals surface area contributed by atoms with Crippen LogP contribution in [0.3, 0.4) is 0 Å². The van der Waals surface area contributed by atoms with Crippen molar-refractivity contribution in [3.8, 4) is 0 Å². The zero-order valence-electron chi connectivity index (χ0n) is 16.6. The summed E-state index contributed by atoms with van der Waals surface area (Å²) >= 11 is 0. The molecule has 1 aromatic rings. The van der Waals surface area contributed by atoms with E-state index in [0.29, 0.717) is 37.7 Å². The fraction of sp³-hybridized carbons (Fsp3) is 0.579. The smallest absolute Gasteiger partial charge is 0.247 e. The average molecular weight is 410 g/mol. The Morgan fingerprint density at radius 3 is 2.36 bits per heavy atom. The highest BCUT2D eigenvalue weighted by Crippen LogP contribution is 2.24. The van der Waals surface area contributed by atoms with E-state index in [2.05, 4.69) is 0 Å². The summed E-state index contributed by atoms with van der Waals surface area (Å²) in [5.74, 6) is -0.412. The number of carbonyl (C=O) groups excluding carboxylic acids is 2. The van der Waals surface area contributed by atoms with Gasteiger partial charge in [0.05, 0.1) is 30.5 Å². The number of piperazine rings is 1. The molecule has 0 saturated carbocycles. The van der Waals surface area contributed by atoms with Crippen molar-refractivity contribution >= 4 is 21.8 Å². The molecule has 9 heteroatoms. The van der Waals surface area contributed by atoms with E-state index in [4.69, 9.17) is 4.74 Å². The van der Waals surface area contributed by atoms with Crippen molar-refractivity contribution in [1.82, 2.24) is 14.1 Å². The fourth-order valence-corrected chi connectivity index (χ4v) is 5.16. The molecule has 2 fully saturated rings. The lowest BCUT2D eigenvalue weighted by molar-refractivity contribution is -0.140. The Kier molecular flexibility index (Phi) is 6.18. The molecule has 28 heavy (non-hydrogen) atoms. The first-order valence-corrected chi connectivity index (χ1v) is 10.8. The van der Waals surface area contributed by atoms with E-state index in [1.165, 1.54) is 16.3 Å². The number of hydrogen-bond acceptors (Lipinski definition) is 6. The number of aryl methyl sites for hydroxylation is 2. The molecule has 2 heterocycles. The van der Waals surface area contributed by atoms with Crippen LogP contribution in [0.1, 0.15) is 17.5 Å². The third-order valence-electron chi connectivity index (χ3n) is 5.57. The first-order chi connectivity index (χ1) is 13.3. The minimum Gasteiger partial charge on any atom is -0.383 e. The number of nitrogens with zero attached hydrogens (tertiary/aromatic N) is 3. The highest BCUT2D eigenvalue weighted by molar-refractivity contribution is 7.89. The maximum Gasteiger partial charge on any atom is 0.247 e. The Morgan fingerprint density at radius 1 is 1.07 bits per heavy atom. The van der Waals surface area contributed by atoms with E-state index in [-0.39, 0.29) is 24.8 Å². The van der Waals surface area contributed by atoms with Gasteiger partial charge in [0.1, 0.15) is 0 Å². The molecule has 154 valence electrons. The quantitative estimate of drug-likeness (QED) is 0.632. The lowest BCUT2D eigenvalue weighted by Gasteiger charge is -2.36. The van der Waals surface area contributed by atoms with Crippen LogP contribution >= 0.6 is 0 Å². The molecule has 2 aliphatic rings. The van der Waals surface area contributed by atoms with Crippen molar-refractivity contribution in [2.24, 2.45) is 0 Å². The van der Waals surface area contributed by atoms with Crippen LogP contribution < -0.4 is 0 Å². The predicted molar refractivity (Wildman–Crippen MR) is 103 cm³/mol. The Balaban J connectivity index is 1.65. The molecule has 1 aromatic carbocycles. The average Bonchev–Trinajstić information content (AvgIpc) is 2.96. The van der Waals surface area contributed by atoms with E-state index in [1.807, 2.05) is 24.8 Å². The standard InChI is InChI=1S/C19H27N3O5S/c1-14-4-5-16(12-15(14)2)28(25,26)21-8-6-20(7-9-21)17-13-18(23)22(19(17)24)10-11-27-3/h4-5,12,17H,6-11,13H2,1-3H3/t17-/m0/s1. The van der Waals surface area contributed by atoms with Gasteiger partial charge in [-0.1, -0.05) is 6.07 Å². The number of benzene rings is 1. The van der Waals surface area contributed by atoms with Crippen LogP contribution in [0.25, 0.3) is 0 Å². The topological polar surface area (TPSA) is 87.2 Å². The van der Waals surface area contributed by atoms with Crippen molar-refractivity contribution in [2.75, 3.05) is 46.4 Å². The molecule has 2 amide bonds. The van der Waals surface area contributed by atoms with Gasteiger partial charge in [0.25, 0.3) is 0 Å². The van der Waals surface area contributed by atoms with E-state index in [0.717, 1.165) is 11.1 Å². The number of likely N-dealkylation sites (tertiary alicyclic amines) is 1. The number of hydrogen-bond donors (Lipinski definition) is 0. The highest BCUT2D eigenvalue weighted by Gasteiger charge is 2.43. The Bertz CT molecular complexity index is 862. The third kappa shape index (κ3) is 3.98. The normalized spacial score (nSPS) is 22.2. The first kappa shape index (κ1) is 20.9. The summed E-state index contributed by atoms with van der Waals surface area (Å²) in [7, 11) is -2.04. The van der Waals surface area contributed by atoms with Gasteiger partial charge in [-0.3, -0.25) is 19.4 Å². The van der Waals surface area contributed by atoms with Gasteiger partial charge < -0.3 is 4.74 Å². The van der Waals surface area contributed by atoms with Crippen LogP contribution in [0.5, 0.6) is 0 Å². The summed E-state index contributed by atoms with van der Waals surface area (Å²) < 4.78 is 32.3.